The van der Waals surface area contributed by atoms with E-state index in [9.17, 15) is 9.18 Å². The van der Waals surface area contributed by atoms with Crippen LogP contribution in [-0.4, -0.2) is 64.9 Å². The maximum atomic E-state index is 15.6. The summed E-state index contributed by atoms with van der Waals surface area (Å²) in [5, 5.41) is 7.41. The van der Waals surface area contributed by atoms with E-state index in [-0.39, 0.29) is 24.4 Å². The second kappa shape index (κ2) is 10.9. The van der Waals surface area contributed by atoms with Crippen molar-refractivity contribution in [3.63, 3.8) is 0 Å². The number of nitrogens with zero attached hydrogens (tertiary/aromatic N) is 7. The summed E-state index contributed by atoms with van der Waals surface area (Å²) in [7, 11) is 0. The normalized spacial score (nSPS) is 21.5. The van der Waals surface area contributed by atoms with E-state index >= 15 is 4.39 Å². The molecule has 7 rings (SSSR count). The van der Waals surface area contributed by atoms with E-state index in [2.05, 4.69) is 22.0 Å². The molecule has 2 unspecified atom stereocenters. The first-order valence-corrected chi connectivity index (χ1v) is 14.6. The topological polar surface area (TPSA) is 120 Å². The van der Waals surface area contributed by atoms with Gasteiger partial charge in [0.2, 0.25) is 11.9 Å². The molecule has 10 nitrogen and oxygen atoms in total. The van der Waals surface area contributed by atoms with Gasteiger partial charge in [-0.15, -0.1) is 5.10 Å². The number of alkyl halides is 1. The number of aromatic nitrogens is 6. The lowest BCUT2D eigenvalue weighted by molar-refractivity contribution is -0.129. The first-order chi connectivity index (χ1) is 21.3. The zero-order valence-electron chi connectivity index (χ0n) is 24.1. The molecule has 12 heteroatoms. The quantitative estimate of drug-likeness (QED) is 0.278. The number of imidazole rings is 1. The number of nitrogens with one attached hydrogen (secondary N) is 1. The highest BCUT2D eigenvalue weighted by molar-refractivity contribution is 5.87. The largest absolute Gasteiger partial charge is 0.383 e. The molecule has 5 aromatic rings. The van der Waals surface area contributed by atoms with Crippen LogP contribution in [0, 0.1) is 5.95 Å². The third-order valence-corrected chi connectivity index (χ3v) is 8.61. The van der Waals surface area contributed by atoms with Crippen molar-refractivity contribution in [2.24, 2.45) is 0 Å². The highest BCUT2D eigenvalue weighted by Crippen LogP contribution is 2.38. The van der Waals surface area contributed by atoms with Gasteiger partial charge in [-0.2, -0.15) is 4.39 Å². The lowest BCUT2D eigenvalue weighted by Crippen LogP contribution is -2.50. The minimum absolute atomic E-state index is 0.0385. The van der Waals surface area contributed by atoms with Crippen LogP contribution < -0.4 is 11.1 Å². The number of hydrogen-bond donors (Lipinski definition) is 2. The monoisotopic (exact) mass is 595 g/mol. The van der Waals surface area contributed by atoms with Crippen molar-refractivity contribution in [2.75, 3.05) is 12.3 Å². The predicted octanol–water partition coefficient (Wildman–Crippen LogP) is 4.48. The minimum Gasteiger partial charge on any atom is -0.383 e. The van der Waals surface area contributed by atoms with E-state index < -0.39 is 18.2 Å². The van der Waals surface area contributed by atoms with E-state index in [4.69, 9.17) is 15.7 Å². The van der Waals surface area contributed by atoms with Crippen molar-refractivity contribution in [1.29, 1.82) is 0 Å². The molecule has 224 valence electrons. The Kier molecular flexibility index (Phi) is 6.92. The number of hydrogen-bond acceptors (Lipinski definition) is 7. The Hall–Kier alpha value is -4.97. The zero-order valence-corrected chi connectivity index (χ0v) is 24.1. The second-order valence-electron chi connectivity index (χ2n) is 11.4. The van der Waals surface area contributed by atoms with Crippen molar-refractivity contribution < 1.29 is 13.6 Å². The summed E-state index contributed by atoms with van der Waals surface area (Å²) in [6, 6.07) is 13.9. The Labute approximate surface area is 252 Å². The summed E-state index contributed by atoms with van der Waals surface area (Å²) < 4.78 is 32.6. The highest BCUT2D eigenvalue weighted by Gasteiger charge is 2.36. The highest BCUT2D eigenvalue weighted by atomic mass is 19.1. The number of anilines is 1. The molecule has 0 radical (unpaired) electrons. The average Bonchev–Trinajstić information content (AvgIpc) is 3.71. The van der Waals surface area contributed by atoms with Crippen molar-refractivity contribution in [1.82, 2.24) is 39.5 Å². The number of likely N-dealkylation sites (tertiary alicyclic amines) is 1. The van der Waals surface area contributed by atoms with Crippen molar-refractivity contribution >= 4 is 22.9 Å². The van der Waals surface area contributed by atoms with E-state index in [0.717, 1.165) is 29.7 Å². The fraction of sp³-hybridized carbons (Fsp3) is 0.281. The molecule has 1 amide bonds. The van der Waals surface area contributed by atoms with Gasteiger partial charge < -0.3 is 16.0 Å². The lowest BCUT2D eigenvalue weighted by Gasteiger charge is -2.38. The zero-order chi connectivity index (χ0) is 30.5. The van der Waals surface area contributed by atoms with Gasteiger partial charge in [0.1, 0.15) is 17.5 Å². The van der Waals surface area contributed by atoms with Crippen molar-refractivity contribution in [3.8, 4) is 22.9 Å². The molecule has 4 atom stereocenters. The molecule has 1 saturated heterocycles. The van der Waals surface area contributed by atoms with Gasteiger partial charge in [-0.25, -0.2) is 24.0 Å². The number of benzene rings is 1. The summed E-state index contributed by atoms with van der Waals surface area (Å²) in [5.41, 5.74) is 10.5. The van der Waals surface area contributed by atoms with Crippen LogP contribution in [0.15, 0.2) is 73.6 Å². The standard InChI is InChI=1S/C32H31F2N9O/c1-3-28(44)41-13-10-20(15-18(41)2)37-29-22-7-6-21(16-19(22)17-24(29)33)43-31(23-5-4-12-36-30(23)35)38-25-8-9-27(39-32(25)43)42-14-11-26(34)40-42/h3-9,11-12,14,16,18,20,24,29,37H,1,10,13,15,17H2,2H3,(H2,35,36)/t18-,20?,24?,29+/m0/s1. The molecule has 2 aliphatic rings. The third-order valence-electron chi connectivity index (χ3n) is 8.61. The summed E-state index contributed by atoms with van der Waals surface area (Å²) in [6.07, 6.45) is 5.09. The number of carbonyl (C=O) groups is 1. The van der Waals surface area contributed by atoms with Crippen LogP contribution in [0.4, 0.5) is 14.6 Å². The lowest BCUT2D eigenvalue weighted by atomic mass is 9.96. The van der Waals surface area contributed by atoms with Gasteiger partial charge in [0.25, 0.3) is 0 Å². The summed E-state index contributed by atoms with van der Waals surface area (Å²) in [6.45, 7) is 6.22. The minimum atomic E-state index is -1.10. The van der Waals surface area contributed by atoms with Gasteiger partial charge in [0, 0.05) is 49.2 Å². The number of fused-ring (bicyclic) bond motifs is 2. The van der Waals surface area contributed by atoms with Gasteiger partial charge >= 0.3 is 0 Å². The number of pyridine rings is 2. The van der Waals surface area contributed by atoms with Crippen LogP contribution in [0.2, 0.25) is 0 Å². The van der Waals surface area contributed by atoms with Crippen molar-refractivity contribution in [3.05, 3.63) is 90.7 Å². The summed E-state index contributed by atoms with van der Waals surface area (Å²) in [5.74, 6) is 0.564. The van der Waals surface area contributed by atoms with Gasteiger partial charge in [0.05, 0.1) is 11.6 Å². The first-order valence-electron chi connectivity index (χ1n) is 14.6. The molecule has 1 fully saturated rings. The van der Waals surface area contributed by atoms with E-state index in [1.54, 1.807) is 24.4 Å². The molecule has 1 aliphatic carbocycles. The molecule has 44 heavy (non-hydrogen) atoms. The van der Waals surface area contributed by atoms with Crippen LogP contribution in [0.3, 0.4) is 0 Å². The molecule has 0 saturated carbocycles. The molecule has 4 aromatic heterocycles. The van der Waals surface area contributed by atoms with Crippen LogP contribution in [0.25, 0.3) is 34.1 Å². The number of rotatable bonds is 6. The van der Waals surface area contributed by atoms with Gasteiger partial charge in [-0.05, 0) is 73.4 Å². The van der Waals surface area contributed by atoms with E-state index in [1.807, 2.05) is 40.7 Å². The fourth-order valence-electron chi connectivity index (χ4n) is 6.49. The van der Waals surface area contributed by atoms with Crippen LogP contribution >= 0.6 is 0 Å². The molecular formula is C32H31F2N9O. The summed E-state index contributed by atoms with van der Waals surface area (Å²) >= 11 is 0. The Bertz CT molecular complexity index is 1900. The smallest absolute Gasteiger partial charge is 0.246 e. The molecule has 1 aromatic carbocycles. The Balaban J connectivity index is 1.26. The van der Waals surface area contributed by atoms with Crippen LogP contribution in [0.1, 0.15) is 36.9 Å². The number of halogens is 2. The number of carbonyl (C=O) groups excluding carboxylic acids is 1. The Morgan fingerprint density at radius 1 is 1.18 bits per heavy atom. The SMILES string of the molecule is C=CC(=O)N1CCC(N[C@@H]2c3ccc(-n4c(-c5cccnc5N)nc5ccc(-n6ccc(F)n6)nc54)cc3CC2F)C[C@@H]1C. The molecule has 3 N–H and O–H groups in total. The van der Waals surface area contributed by atoms with Crippen LogP contribution in [0.5, 0.6) is 0 Å². The Morgan fingerprint density at radius 3 is 2.80 bits per heavy atom. The molecular weight excluding hydrogens is 564 g/mol. The van der Waals surface area contributed by atoms with E-state index in [1.165, 1.54) is 23.0 Å². The number of nitrogen functional groups attached to an aromatic ring is 1. The number of amides is 1. The number of piperidine rings is 1. The Morgan fingerprint density at radius 2 is 2.05 bits per heavy atom. The maximum absolute atomic E-state index is 15.6. The van der Waals surface area contributed by atoms with E-state index in [0.29, 0.717) is 40.7 Å². The molecule has 5 heterocycles. The summed E-state index contributed by atoms with van der Waals surface area (Å²) in [4.78, 5) is 27.9. The van der Waals surface area contributed by atoms with Gasteiger partial charge in [0.15, 0.2) is 17.3 Å². The first kappa shape index (κ1) is 27.8. The molecule has 0 bridgehead atoms. The maximum Gasteiger partial charge on any atom is 0.246 e. The second-order valence-corrected chi connectivity index (χ2v) is 11.4. The van der Waals surface area contributed by atoms with Crippen LogP contribution in [-0.2, 0) is 11.2 Å². The predicted molar refractivity (Wildman–Crippen MR) is 162 cm³/mol. The fourth-order valence-corrected chi connectivity index (χ4v) is 6.49. The third kappa shape index (κ3) is 4.80. The molecule has 0 spiro atoms. The van der Waals surface area contributed by atoms with Gasteiger partial charge in [-0.1, -0.05) is 12.6 Å². The van der Waals surface area contributed by atoms with Crippen molar-refractivity contribution in [2.45, 2.75) is 50.5 Å². The van der Waals surface area contributed by atoms with Gasteiger partial charge in [-0.3, -0.25) is 9.36 Å². The number of nitrogens with two attached hydrogens (primary N) is 1. The average molecular weight is 596 g/mol. The molecule has 1 aliphatic heterocycles.